The second-order valence-corrected chi connectivity index (χ2v) is 4.27. The van der Waals surface area contributed by atoms with Crippen LogP contribution in [-0.4, -0.2) is 32.6 Å². The van der Waals surface area contributed by atoms with Crippen LogP contribution in [0.1, 0.15) is 45.5 Å². The molecule has 1 rings (SSSR count). The Morgan fingerprint density at radius 3 is 2.71 bits per heavy atom. The summed E-state index contributed by atoms with van der Waals surface area (Å²) in [5, 5.41) is 16.6. The first-order valence-corrected chi connectivity index (χ1v) is 5.85. The molecule has 0 saturated carbocycles. The normalized spacial score (nSPS) is 16.2. The van der Waals surface area contributed by atoms with E-state index in [0.717, 1.165) is 12.8 Å². The second kappa shape index (κ2) is 6.29. The molecule has 7 nitrogen and oxygen atoms in total. The number of nitrogens with one attached hydrogen (secondary N) is 2. The number of carbonyl (C=O) groups is 1. The quantitative estimate of drug-likeness (QED) is 0.655. The number of nitrogens with two attached hydrogens (primary N) is 1. The SMILES string of the molecule is CCCC(NC(=O)C(C)C(C)N)c1nn[nH]n1. The zero-order chi connectivity index (χ0) is 12.8. The maximum atomic E-state index is 11.9. The van der Waals surface area contributed by atoms with Crippen molar-refractivity contribution in [2.75, 3.05) is 0 Å². The van der Waals surface area contributed by atoms with E-state index in [1.807, 2.05) is 13.8 Å². The van der Waals surface area contributed by atoms with Crippen LogP contribution >= 0.6 is 0 Å². The molecule has 0 fully saturated rings. The molecule has 0 aliphatic heterocycles. The molecule has 0 aliphatic rings. The molecule has 0 aromatic carbocycles. The fraction of sp³-hybridized carbons (Fsp3) is 0.800. The Hall–Kier alpha value is -1.50. The van der Waals surface area contributed by atoms with Crippen molar-refractivity contribution in [3.63, 3.8) is 0 Å². The van der Waals surface area contributed by atoms with E-state index in [0.29, 0.717) is 5.82 Å². The van der Waals surface area contributed by atoms with Gasteiger partial charge in [0.15, 0.2) is 5.82 Å². The highest BCUT2D eigenvalue weighted by molar-refractivity contribution is 5.79. The lowest BCUT2D eigenvalue weighted by Crippen LogP contribution is -2.40. The molecular formula is C10H20N6O. The van der Waals surface area contributed by atoms with Gasteiger partial charge in [-0.2, -0.15) is 5.21 Å². The minimum absolute atomic E-state index is 0.0803. The Balaban J connectivity index is 2.65. The summed E-state index contributed by atoms with van der Waals surface area (Å²) in [5.41, 5.74) is 5.69. The summed E-state index contributed by atoms with van der Waals surface area (Å²) in [6, 6.07) is -0.380. The van der Waals surface area contributed by atoms with Crippen molar-refractivity contribution in [2.45, 2.75) is 45.7 Å². The number of tetrazole rings is 1. The van der Waals surface area contributed by atoms with Crippen molar-refractivity contribution in [3.05, 3.63) is 5.82 Å². The molecule has 0 aliphatic carbocycles. The molecule has 1 amide bonds. The standard InChI is InChI=1S/C10H20N6O/c1-4-5-8(9-13-15-16-14-9)12-10(17)6(2)7(3)11/h6-8H,4-5,11H2,1-3H3,(H,12,17)(H,13,14,15,16). The number of hydrogen-bond acceptors (Lipinski definition) is 5. The van der Waals surface area contributed by atoms with Gasteiger partial charge in [-0.3, -0.25) is 4.79 Å². The number of rotatable bonds is 6. The first kappa shape index (κ1) is 13.6. The highest BCUT2D eigenvalue weighted by Gasteiger charge is 2.23. The van der Waals surface area contributed by atoms with Crippen LogP contribution in [0.4, 0.5) is 0 Å². The summed E-state index contributed by atoms with van der Waals surface area (Å²) in [5.74, 6) is 0.196. The van der Waals surface area contributed by atoms with Crippen molar-refractivity contribution in [3.8, 4) is 0 Å². The smallest absolute Gasteiger partial charge is 0.224 e. The monoisotopic (exact) mass is 240 g/mol. The Morgan fingerprint density at radius 1 is 1.53 bits per heavy atom. The van der Waals surface area contributed by atoms with Gasteiger partial charge in [-0.1, -0.05) is 25.5 Å². The minimum Gasteiger partial charge on any atom is -0.346 e. The van der Waals surface area contributed by atoms with Crippen LogP contribution in [0, 0.1) is 5.92 Å². The molecule has 0 spiro atoms. The minimum atomic E-state index is -0.235. The molecule has 0 radical (unpaired) electrons. The summed E-state index contributed by atoms with van der Waals surface area (Å²) in [7, 11) is 0. The fourth-order valence-corrected chi connectivity index (χ4v) is 1.41. The van der Waals surface area contributed by atoms with E-state index in [4.69, 9.17) is 5.73 Å². The third-order valence-electron chi connectivity index (χ3n) is 2.77. The predicted molar refractivity (Wildman–Crippen MR) is 62.8 cm³/mol. The Morgan fingerprint density at radius 2 is 2.24 bits per heavy atom. The summed E-state index contributed by atoms with van der Waals surface area (Å²) >= 11 is 0. The van der Waals surface area contributed by atoms with E-state index in [-0.39, 0.29) is 23.9 Å². The number of amides is 1. The molecular weight excluding hydrogens is 220 g/mol. The number of hydrogen-bond donors (Lipinski definition) is 3. The first-order chi connectivity index (χ1) is 8.06. The Bertz CT molecular complexity index is 337. The number of nitrogens with zero attached hydrogens (tertiary/aromatic N) is 3. The topological polar surface area (TPSA) is 110 Å². The molecule has 1 aromatic heterocycles. The molecule has 17 heavy (non-hydrogen) atoms. The zero-order valence-electron chi connectivity index (χ0n) is 10.5. The van der Waals surface area contributed by atoms with Crippen LogP contribution in [0.5, 0.6) is 0 Å². The van der Waals surface area contributed by atoms with E-state index in [9.17, 15) is 4.79 Å². The second-order valence-electron chi connectivity index (χ2n) is 4.27. The van der Waals surface area contributed by atoms with Gasteiger partial charge in [-0.25, -0.2) is 0 Å². The van der Waals surface area contributed by atoms with Crippen molar-refractivity contribution < 1.29 is 4.79 Å². The molecule has 7 heteroatoms. The van der Waals surface area contributed by atoms with E-state index in [2.05, 4.69) is 25.9 Å². The van der Waals surface area contributed by atoms with Crippen LogP contribution in [-0.2, 0) is 4.79 Å². The van der Waals surface area contributed by atoms with E-state index in [1.165, 1.54) is 0 Å². The van der Waals surface area contributed by atoms with Gasteiger partial charge in [0, 0.05) is 12.0 Å². The van der Waals surface area contributed by atoms with Crippen LogP contribution in [0.25, 0.3) is 0 Å². The van der Waals surface area contributed by atoms with Gasteiger partial charge < -0.3 is 11.1 Å². The maximum Gasteiger partial charge on any atom is 0.224 e. The van der Waals surface area contributed by atoms with Gasteiger partial charge in [-0.15, -0.1) is 10.2 Å². The molecule has 0 bridgehead atoms. The average Bonchev–Trinajstić information content (AvgIpc) is 2.80. The Labute approximate surface area is 101 Å². The van der Waals surface area contributed by atoms with Gasteiger partial charge >= 0.3 is 0 Å². The highest BCUT2D eigenvalue weighted by atomic mass is 16.2. The number of carbonyl (C=O) groups excluding carboxylic acids is 1. The van der Waals surface area contributed by atoms with E-state index in [1.54, 1.807) is 6.92 Å². The summed E-state index contributed by atoms with van der Waals surface area (Å²) < 4.78 is 0. The average molecular weight is 240 g/mol. The van der Waals surface area contributed by atoms with Crippen molar-refractivity contribution in [1.29, 1.82) is 0 Å². The number of aromatic nitrogens is 4. The lowest BCUT2D eigenvalue weighted by Gasteiger charge is -2.19. The first-order valence-electron chi connectivity index (χ1n) is 5.85. The van der Waals surface area contributed by atoms with E-state index < -0.39 is 0 Å². The van der Waals surface area contributed by atoms with Crippen molar-refractivity contribution in [1.82, 2.24) is 25.9 Å². The van der Waals surface area contributed by atoms with Crippen LogP contribution in [0.3, 0.4) is 0 Å². The van der Waals surface area contributed by atoms with Crippen LogP contribution in [0.15, 0.2) is 0 Å². The zero-order valence-corrected chi connectivity index (χ0v) is 10.5. The lowest BCUT2D eigenvalue weighted by atomic mass is 10.0. The van der Waals surface area contributed by atoms with Gasteiger partial charge in [0.1, 0.15) is 0 Å². The molecule has 1 heterocycles. The van der Waals surface area contributed by atoms with Crippen molar-refractivity contribution >= 4 is 5.91 Å². The van der Waals surface area contributed by atoms with Gasteiger partial charge in [0.25, 0.3) is 0 Å². The predicted octanol–water partition coefficient (Wildman–Crippen LogP) is 0.140. The summed E-state index contributed by atoms with van der Waals surface area (Å²) in [4.78, 5) is 11.9. The third-order valence-corrected chi connectivity index (χ3v) is 2.77. The van der Waals surface area contributed by atoms with Gasteiger partial charge in [0.2, 0.25) is 5.91 Å². The Kier molecular flexibility index (Phi) is 5.02. The summed E-state index contributed by atoms with van der Waals surface area (Å²) in [6.45, 7) is 5.65. The van der Waals surface area contributed by atoms with Crippen LogP contribution < -0.4 is 11.1 Å². The van der Waals surface area contributed by atoms with Crippen LogP contribution in [0.2, 0.25) is 0 Å². The highest BCUT2D eigenvalue weighted by Crippen LogP contribution is 2.14. The largest absolute Gasteiger partial charge is 0.346 e. The molecule has 0 saturated heterocycles. The fourth-order valence-electron chi connectivity index (χ4n) is 1.41. The molecule has 3 unspecified atom stereocenters. The third kappa shape index (κ3) is 3.77. The van der Waals surface area contributed by atoms with E-state index >= 15 is 0 Å². The van der Waals surface area contributed by atoms with Gasteiger partial charge in [-0.05, 0) is 13.3 Å². The molecule has 1 aromatic rings. The lowest BCUT2D eigenvalue weighted by molar-refractivity contribution is -0.125. The number of aromatic amines is 1. The molecule has 3 atom stereocenters. The maximum absolute atomic E-state index is 11.9. The van der Waals surface area contributed by atoms with Crippen molar-refractivity contribution in [2.24, 2.45) is 11.7 Å². The molecule has 96 valence electrons. The number of H-pyrrole nitrogens is 1. The van der Waals surface area contributed by atoms with Gasteiger partial charge in [0.05, 0.1) is 6.04 Å². The summed E-state index contributed by atoms with van der Waals surface area (Å²) in [6.07, 6.45) is 1.70. The molecule has 4 N–H and O–H groups in total.